The molecular weight excluding hydrogens is 527 g/mol. The number of rotatable bonds is 5. The van der Waals surface area contributed by atoms with E-state index >= 15 is 0 Å². The van der Waals surface area contributed by atoms with Crippen LogP contribution in [0, 0.1) is 0 Å². The molecule has 2 heteroatoms. The van der Waals surface area contributed by atoms with E-state index in [1.165, 1.54) is 53.2 Å². The number of hydrogen-bond donors (Lipinski definition) is 0. The van der Waals surface area contributed by atoms with Crippen LogP contribution in [0.25, 0.3) is 53.2 Å². The van der Waals surface area contributed by atoms with Crippen molar-refractivity contribution in [2.24, 2.45) is 0 Å². The first-order chi connectivity index (χ1) is 20.8. The third-order valence-electron chi connectivity index (χ3n) is 8.02. The second-order valence-electron chi connectivity index (χ2n) is 10.6. The van der Waals surface area contributed by atoms with Crippen molar-refractivity contribution in [3.8, 4) is 22.3 Å². The van der Waals surface area contributed by atoms with Crippen LogP contribution in [0.1, 0.15) is 0 Å². The van der Waals surface area contributed by atoms with E-state index in [2.05, 4.69) is 169 Å². The van der Waals surface area contributed by atoms with E-state index < -0.39 is 0 Å². The van der Waals surface area contributed by atoms with Gasteiger partial charge in [-0.3, -0.25) is 0 Å². The number of thiophene rings is 1. The van der Waals surface area contributed by atoms with Gasteiger partial charge >= 0.3 is 0 Å². The Morgan fingerprint density at radius 1 is 0.333 bits per heavy atom. The van der Waals surface area contributed by atoms with Gasteiger partial charge in [0.1, 0.15) is 0 Å². The van der Waals surface area contributed by atoms with Gasteiger partial charge in [-0.1, -0.05) is 115 Å². The molecule has 0 spiro atoms. The van der Waals surface area contributed by atoms with Gasteiger partial charge in [0.05, 0.1) is 0 Å². The Hall–Kier alpha value is -5.18. The van der Waals surface area contributed by atoms with Gasteiger partial charge < -0.3 is 4.90 Å². The fourth-order valence-electron chi connectivity index (χ4n) is 5.95. The molecule has 1 aromatic heterocycles. The standard InChI is InChI=1S/C40H27NS/c1-2-10-28(11-3-1)31-14-8-16-34(25-31)41(36-22-23-38-37-18-6-7-19-39(37)42-40(38)27-36)35-17-9-15-32(26-35)33-21-20-29-12-4-5-13-30(29)24-33/h1-27H. The summed E-state index contributed by atoms with van der Waals surface area (Å²) in [5, 5.41) is 5.14. The summed E-state index contributed by atoms with van der Waals surface area (Å²) in [5.41, 5.74) is 8.24. The number of hydrogen-bond acceptors (Lipinski definition) is 2. The smallest absolute Gasteiger partial charge is 0.0476 e. The molecule has 198 valence electrons. The predicted octanol–water partition coefficient (Wildman–Crippen LogP) is 12.0. The number of fused-ring (bicyclic) bond motifs is 4. The van der Waals surface area contributed by atoms with Gasteiger partial charge in [-0.15, -0.1) is 11.3 Å². The van der Waals surface area contributed by atoms with E-state index in [0.29, 0.717) is 0 Å². The van der Waals surface area contributed by atoms with Gasteiger partial charge in [-0.25, -0.2) is 0 Å². The van der Waals surface area contributed by atoms with E-state index in [9.17, 15) is 0 Å². The van der Waals surface area contributed by atoms with Gasteiger partial charge in [-0.05, 0) is 81.6 Å². The number of anilines is 3. The second kappa shape index (κ2) is 10.3. The highest BCUT2D eigenvalue weighted by atomic mass is 32.1. The molecule has 42 heavy (non-hydrogen) atoms. The lowest BCUT2D eigenvalue weighted by molar-refractivity contribution is 1.29. The minimum Gasteiger partial charge on any atom is -0.310 e. The molecule has 8 aromatic rings. The maximum atomic E-state index is 2.39. The molecule has 8 rings (SSSR count). The molecular formula is C40H27NS. The summed E-state index contributed by atoms with van der Waals surface area (Å²) in [6, 6.07) is 59.3. The molecule has 1 heterocycles. The monoisotopic (exact) mass is 553 g/mol. The fourth-order valence-corrected chi connectivity index (χ4v) is 7.09. The van der Waals surface area contributed by atoms with Crippen LogP contribution in [0.15, 0.2) is 164 Å². The van der Waals surface area contributed by atoms with Gasteiger partial charge in [-0.2, -0.15) is 0 Å². The van der Waals surface area contributed by atoms with E-state index in [1.54, 1.807) is 0 Å². The maximum absolute atomic E-state index is 2.39. The lowest BCUT2D eigenvalue weighted by atomic mass is 10.00. The SMILES string of the molecule is c1ccc(-c2cccc(N(c3cccc(-c4ccc5ccccc5c4)c3)c3ccc4c(c3)sc3ccccc34)c2)cc1. The van der Waals surface area contributed by atoms with Crippen LogP contribution in [0.2, 0.25) is 0 Å². The Morgan fingerprint density at radius 3 is 1.74 bits per heavy atom. The highest BCUT2D eigenvalue weighted by Gasteiger charge is 2.16. The van der Waals surface area contributed by atoms with E-state index in [-0.39, 0.29) is 0 Å². The first-order valence-corrected chi connectivity index (χ1v) is 15.1. The fraction of sp³-hybridized carbons (Fsp3) is 0. The highest BCUT2D eigenvalue weighted by molar-refractivity contribution is 7.25. The summed E-state index contributed by atoms with van der Waals surface area (Å²) in [7, 11) is 0. The lowest BCUT2D eigenvalue weighted by Gasteiger charge is -2.26. The molecule has 0 radical (unpaired) electrons. The number of benzene rings is 7. The molecule has 0 fully saturated rings. The van der Waals surface area contributed by atoms with E-state index in [1.807, 2.05) is 11.3 Å². The molecule has 0 aliphatic carbocycles. The molecule has 0 amide bonds. The topological polar surface area (TPSA) is 3.24 Å². The third kappa shape index (κ3) is 4.43. The number of nitrogens with zero attached hydrogens (tertiary/aromatic N) is 1. The van der Waals surface area contributed by atoms with Crippen molar-refractivity contribution in [3.05, 3.63) is 164 Å². The van der Waals surface area contributed by atoms with Crippen LogP contribution >= 0.6 is 11.3 Å². The largest absolute Gasteiger partial charge is 0.310 e. The molecule has 0 atom stereocenters. The summed E-state index contributed by atoms with van der Waals surface area (Å²) in [6.07, 6.45) is 0. The Bertz CT molecular complexity index is 2210. The van der Waals surface area contributed by atoms with Crippen molar-refractivity contribution >= 4 is 59.3 Å². The van der Waals surface area contributed by atoms with Crippen molar-refractivity contribution in [1.29, 1.82) is 0 Å². The van der Waals surface area contributed by atoms with Crippen molar-refractivity contribution in [1.82, 2.24) is 0 Å². The van der Waals surface area contributed by atoms with Crippen molar-refractivity contribution in [2.75, 3.05) is 4.90 Å². The van der Waals surface area contributed by atoms with Crippen LogP contribution in [-0.2, 0) is 0 Å². The summed E-state index contributed by atoms with van der Waals surface area (Å²) in [4.78, 5) is 2.39. The average molecular weight is 554 g/mol. The molecule has 0 saturated carbocycles. The maximum Gasteiger partial charge on any atom is 0.0476 e. The Balaban J connectivity index is 1.30. The third-order valence-corrected chi connectivity index (χ3v) is 9.15. The minimum atomic E-state index is 1.13. The van der Waals surface area contributed by atoms with Crippen molar-refractivity contribution in [2.45, 2.75) is 0 Å². The van der Waals surface area contributed by atoms with E-state index in [0.717, 1.165) is 17.1 Å². The zero-order valence-electron chi connectivity index (χ0n) is 22.9. The zero-order chi connectivity index (χ0) is 27.9. The molecule has 0 bridgehead atoms. The normalized spacial score (nSPS) is 11.3. The van der Waals surface area contributed by atoms with E-state index in [4.69, 9.17) is 0 Å². The Labute approximate surface area is 249 Å². The predicted molar refractivity (Wildman–Crippen MR) is 182 cm³/mol. The Morgan fingerprint density at radius 2 is 0.929 bits per heavy atom. The van der Waals surface area contributed by atoms with Crippen LogP contribution in [0.4, 0.5) is 17.1 Å². The second-order valence-corrected chi connectivity index (χ2v) is 11.7. The van der Waals surface area contributed by atoms with Crippen LogP contribution in [0.5, 0.6) is 0 Å². The molecule has 7 aromatic carbocycles. The molecule has 0 N–H and O–H groups in total. The summed E-state index contributed by atoms with van der Waals surface area (Å²) in [5.74, 6) is 0. The molecule has 1 nitrogen and oxygen atoms in total. The first-order valence-electron chi connectivity index (χ1n) is 14.3. The average Bonchev–Trinajstić information content (AvgIpc) is 3.43. The first kappa shape index (κ1) is 24.6. The van der Waals surface area contributed by atoms with Gasteiger partial charge in [0, 0.05) is 37.2 Å². The zero-order valence-corrected chi connectivity index (χ0v) is 23.8. The quantitative estimate of drug-likeness (QED) is 0.205. The van der Waals surface area contributed by atoms with Crippen LogP contribution in [0.3, 0.4) is 0 Å². The van der Waals surface area contributed by atoms with Gasteiger partial charge in [0.25, 0.3) is 0 Å². The van der Waals surface area contributed by atoms with Crippen molar-refractivity contribution < 1.29 is 0 Å². The summed E-state index contributed by atoms with van der Waals surface area (Å²) in [6.45, 7) is 0. The molecule has 0 aliphatic heterocycles. The summed E-state index contributed by atoms with van der Waals surface area (Å²) < 4.78 is 2.61. The molecule has 0 aliphatic rings. The van der Waals surface area contributed by atoms with Crippen LogP contribution < -0.4 is 4.90 Å². The summed E-state index contributed by atoms with van der Waals surface area (Å²) >= 11 is 1.86. The van der Waals surface area contributed by atoms with Crippen LogP contribution in [-0.4, -0.2) is 0 Å². The Kier molecular flexibility index (Phi) is 6.05. The molecule has 0 saturated heterocycles. The van der Waals surface area contributed by atoms with Gasteiger partial charge in [0.2, 0.25) is 0 Å². The minimum absolute atomic E-state index is 1.13. The molecule has 0 unspecified atom stereocenters. The highest BCUT2D eigenvalue weighted by Crippen LogP contribution is 2.42. The lowest BCUT2D eigenvalue weighted by Crippen LogP contribution is -2.10. The van der Waals surface area contributed by atoms with Gasteiger partial charge in [0.15, 0.2) is 0 Å². The van der Waals surface area contributed by atoms with Crippen molar-refractivity contribution in [3.63, 3.8) is 0 Å².